The van der Waals surface area contributed by atoms with Gasteiger partial charge in [-0.1, -0.05) is 60.7 Å². The van der Waals surface area contributed by atoms with E-state index in [4.69, 9.17) is 11.5 Å². The van der Waals surface area contributed by atoms with Gasteiger partial charge in [0, 0.05) is 12.3 Å². The lowest BCUT2D eigenvalue weighted by Gasteiger charge is -2.17. The number of nitrogens with two attached hydrogens (primary N) is 2. The average Bonchev–Trinajstić information content (AvgIpc) is 2.53. The van der Waals surface area contributed by atoms with Gasteiger partial charge >= 0.3 is 0 Å². The summed E-state index contributed by atoms with van der Waals surface area (Å²) in [6.45, 7) is 0. The molecule has 3 rings (SSSR count). The summed E-state index contributed by atoms with van der Waals surface area (Å²) >= 11 is 0. The minimum Gasteiger partial charge on any atom is -0.368 e. The first-order chi connectivity index (χ1) is 10.7. The topological polar surface area (TPSA) is 90.7 Å². The van der Waals surface area contributed by atoms with Crippen LogP contribution in [0.5, 0.6) is 0 Å². The van der Waals surface area contributed by atoms with Crippen LogP contribution in [0.25, 0.3) is 0 Å². The van der Waals surface area contributed by atoms with Crippen LogP contribution in [0.15, 0.2) is 60.7 Å². The number of hydrogen-bond acceptors (Lipinski definition) is 5. The van der Waals surface area contributed by atoms with Crippen LogP contribution in [0.3, 0.4) is 0 Å². The van der Waals surface area contributed by atoms with E-state index >= 15 is 0 Å². The molecule has 0 aliphatic rings. The Hall–Kier alpha value is -2.95. The van der Waals surface area contributed by atoms with Crippen molar-refractivity contribution in [1.82, 2.24) is 15.0 Å². The lowest BCUT2D eigenvalue weighted by Crippen LogP contribution is -2.11. The van der Waals surface area contributed by atoms with Crippen LogP contribution < -0.4 is 11.5 Å². The summed E-state index contributed by atoms with van der Waals surface area (Å²) in [7, 11) is 0. The molecule has 0 saturated carbocycles. The van der Waals surface area contributed by atoms with Crippen LogP contribution in [0.4, 0.5) is 11.9 Å². The summed E-state index contributed by atoms with van der Waals surface area (Å²) in [5.41, 5.74) is 13.7. The number of aromatic nitrogens is 3. The molecule has 5 heteroatoms. The molecule has 0 amide bonds. The molecule has 22 heavy (non-hydrogen) atoms. The normalized spacial score (nSPS) is 10.8. The first-order valence-electron chi connectivity index (χ1n) is 7.08. The second-order valence-electron chi connectivity index (χ2n) is 5.05. The third-order valence-corrected chi connectivity index (χ3v) is 3.51. The van der Waals surface area contributed by atoms with Gasteiger partial charge in [0.1, 0.15) is 5.82 Å². The van der Waals surface area contributed by atoms with E-state index in [0.717, 1.165) is 0 Å². The van der Waals surface area contributed by atoms with Gasteiger partial charge in [-0.15, -0.1) is 0 Å². The van der Waals surface area contributed by atoms with Crippen molar-refractivity contribution in [3.8, 4) is 0 Å². The Morgan fingerprint density at radius 3 is 1.59 bits per heavy atom. The van der Waals surface area contributed by atoms with E-state index < -0.39 is 0 Å². The van der Waals surface area contributed by atoms with Gasteiger partial charge in [-0.3, -0.25) is 0 Å². The Bertz CT molecular complexity index is 684. The van der Waals surface area contributed by atoms with Crippen molar-refractivity contribution in [2.24, 2.45) is 0 Å². The Morgan fingerprint density at radius 2 is 1.14 bits per heavy atom. The van der Waals surface area contributed by atoms with Crippen LogP contribution in [-0.2, 0) is 6.42 Å². The van der Waals surface area contributed by atoms with Gasteiger partial charge in [0.15, 0.2) is 0 Å². The summed E-state index contributed by atoms with van der Waals surface area (Å²) in [4.78, 5) is 12.2. The fourth-order valence-corrected chi connectivity index (χ4v) is 2.53. The molecule has 0 unspecified atom stereocenters. The largest absolute Gasteiger partial charge is 0.368 e. The minimum atomic E-state index is 0.142. The second-order valence-corrected chi connectivity index (χ2v) is 5.05. The number of rotatable bonds is 4. The van der Waals surface area contributed by atoms with Gasteiger partial charge < -0.3 is 11.5 Å². The summed E-state index contributed by atoms with van der Waals surface area (Å²) in [5, 5.41) is 0. The number of nitrogens with zero attached hydrogens (tertiary/aromatic N) is 3. The predicted molar refractivity (Wildman–Crippen MR) is 87.1 cm³/mol. The molecule has 2 aromatic carbocycles. The molecular weight excluding hydrogens is 274 g/mol. The van der Waals surface area contributed by atoms with E-state index in [9.17, 15) is 0 Å². The standard InChI is InChI=1S/C17H17N5/c18-16-20-15(21-17(19)22-16)11-14(12-7-3-1-4-8-12)13-9-5-2-6-10-13/h1-10,14H,11H2,(H4,18,19,20,21,22). The Labute approximate surface area is 129 Å². The summed E-state index contributed by atoms with van der Waals surface area (Å²) in [6, 6.07) is 20.5. The molecule has 0 fully saturated rings. The maximum absolute atomic E-state index is 5.67. The molecule has 0 radical (unpaired) electrons. The highest BCUT2D eigenvalue weighted by Gasteiger charge is 2.17. The van der Waals surface area contributed by atoms with E-state index in [1.165, 1.54) is 11.1 Å². The fourth-order valence-electron chi connectivity index (χ4n) is 2.53. The first kappa shape index (κ1) is 14.0. The molecule has 0 saturated heterocycles. The van der Waals surface area contributed by atoms with Gasteiger partial charge in [0.2, 0.25) is 11.9 Å². The third kappa shape index (κ3) is 3.20. The molecule has 110 valence electrons. The van der Waals surface area contributed by atoms with E-state index in [2.05, 4.69) is 39.2 Å². The maximum atomic E-state index is 5.67. The Kier molecular flexibility index (Phi) is 3.96. The average molecular weight is 291 g/mol. The van der Waals surface area contributed by atoms with E-state index in [1.54, 1.807) is 0 Å². The Balaban J connectivity index is 1.99. The summed E-state index contributed by atoms with van der Waals surface area (Å²) < 4.78 is 0. The quantitative estimate of drug-likeness (QED) is 0.770. The smallest absolute Gasteiger partial charge is 0.225 e. The maximum Gasteiger partial charge on any atom is 0.225 e. The lowest BCUT2D eigenvalue weighted by molar-refractivity contribution is 0.751. The SMILES string of the molecule is Nc1nc(N)nc(CC(c2ccccc2)c2ccccc2)n1. The number of hydrogen-bond donors (Lipinski definition) is 2. The van der Waals surface area contributed by atoms with E-state index in [0.29, 0.717) is 12.2 Å². The highest BCUT2D eigenvalue weighted by atomic mass is 15.1. The van der Waals surface area contributed by atoms with Crippen LogP contribution in [0.2, 0.25) is 0 Å². The predicted octanol–water partition coefficient (Wildman–Crippen LogP) is 2.41. The van der Waals surface area contributed by atoms with Crippen molar-refractivity contribution in [2.45, 2.75) is 12.3 Å². The van der Waals surface area contributed by atoms with Crippen molar-refractivity contribution in [3.05, 3.63) is 77.6 Å². The van der Waals surface area contributed by atoms with Crippen molar-refractivity contribution in [3.63, 3.8) is 0 Å². The molecule has 0 aliphatic heterocycles. The molecule has 0 bridgehead atoms. The second kappa shape index (κ2) is 6.22. The molecular formula is C17H17N5. The van der Waals surface area contributed by atoms with Gasteiger partial charge in [0.05, 0.1) is 0 Å². The highest BCUT2D eigenvalue weighted by molar-refractivity contribution is 5.34. The molecule has 0 spiro atoms. The van der Waals surface area contributed by atoms with Gasteiger partial charge in [-0.2, -0.15) is 15.0 Å². The van der Waals surface area contributed by atoms with Crippen molar-refractivity contribution >= 4 is 11.9 Å². The van der Waals surface area contributed by atoms with Crippen molar-refractivity contribution in [1.29, 1.82) is 0 Å². The summed E-state index contributed by atoms with van der Waals surface area (Å²) in [6.07, 6.45) is 0.616. The zero-order valence-electron chi connectivity index (χ0n) is 12.1. The highest BCUT2D eigenvalue weighted by Crippen LogP contribution is 2.27. The monoisotopic (exact) mass is 291 g/mol. The molecule has 5 nitrogen and oxygen atoms in total. The molecule has 0 aliphatic carbocycles. The van der Waals surface area contributed by atoms with Gasteiger partial charge in [-0.25, -0.2) is 0 Å². The zero-order valence-corrected chi connectivity index (χ0v) is 12.1. The van der Waals surface area contributed by atoms with Crippen LogP contribution in [0, 0.1) is 0 Å². The fraction of sp³-hybridized carbons (Fsp3) is 0.118. The zero-order chi connectivity index (χ0) is 15.4. The number of anilines is 2. The van der Waals surface area contributed by atoms with Crippen LogP contribution >= 0.6 is 0 Å². The lowest BCUT2D eigenvalue weighted by atomic mass is 9.88. The molecule has 4 N–H and O–H groups in total. The van der Waals surface area contributed by atoms with Gasteiger partial charge in [-0.05, 0) is 11.1 Å². The third-order valence-electron chi connectivity index (χ3n) is 3.51. The molecule has 1 aromatic heterocycles. The Morgan fingerprint density at radius 1 is 0.682 bits per heavy atom. The first-order valence-corrected chi connectivity index (χ1v) is 7.08. The summed E-state index contributed by atoms with van der Waals surface area (Å²) in [5.74, 6) is 1.05. The van der Waals surface area contributed by atoms with E-state index in [1.807, 2.05) is 36.4 Å². The van der Waals surface area contributed by atoms with E-state index in [-0.39, 0.29) is 17.8 Å². The van der Waals surface area contributed by atoms with Gasteiger partial charge in [0.25, 0.3) is 0 Å². The van der Waals surface area contributed by atoms with Crippen LogP contribution in [0.1, 0.15) is 22.9 Å². The van der Waals surface area contributed by atoms with Crippen LogP contribution in [-0.4, -0.2) is 15.0 Å². The molecule has 1 heterocycles. The van der Waals surface area contributed by atoms with Crippen molar-refractivity contribution < 1.29 is 0 Å². The van der Waals surface area contributed by atoms with Crippen molar-refractivity contribution in [2.75, 3.05) is 11.5 Å². The number of nitrogen functional groups attached to an aromatic ring is 2. The molecule has 3 aromatic rings. The molecule has 0 atom stereocenters. The number of benzene rings is 2. The minimum absolute atomic E-state index is 0.142.